The quantitative estimate of drug-likeness (QED) is 0.347. The van der Waals surface area contributed by atoms with Gasteiger partial charge in [-0.15, -0.1) is 0 Å². The van der Waals surface area contributed by atoms with Crippen molar-refractivity contribution in [1.29, 1.82) is 0 Å². The minimum absolute atomic E-state index is 0.556. The molecule has 136 valence electrons. The molecule has 5 heteroatoms. The van der Waals surface area contributed by atoms with Gasteiger partial charge < -0.3 is 13.9 Å². The van der Waals surface area contributed by atoms with Crippen molar-refractivity contribution in [2.45, 2.75) is 92.2 Å². The normalized spacial score (nSPS) is 13.9. The molecule has 0 heterocycles. The van der Waals surface area contributed by atoms with E-state index in [4.69, 9.17) is 9.05 Å². The van der Waals surface area contributed by atoms with E-state index in [0.29, 0.717) is 13.2 Å². The Morgan fingerprint density at radius 3 is 1.50 bits per heavy atom. The molecule has 0 saturated heterocycles. The van der Waals surface area contributed by atoms with Gasteiger partial charge in [-0.05, 0) is 46.6 Å². The summed E-state index contributed by atoms with van der Waals surface area (Å²) in [4.78, 5) is 2.44. The van der Waals surface area contributed by atoms with Crippen molar-refractivity contribution in [2.24, 2.45) is 0 Å². The largest absolute Gasteiger partial charge is 0.319 e. The highest BCUT2D eigenvalue weighted by atomic mass is 31.1. The summed E-state index contributed by atoms with van der Waals surface area (Å²) in [5, 5.41) is 0. The maximum atomic E-state index is 10.9. The van der Waals surface area contributed by atoms with E-state index in [1.807, 2.05) is 0 Å². The Balaban J connectivity index is 0. The van der Waals surface area contributed by atoms with Crippen LogP contribution in [0, 0.1) is 0 Å². The predicted molar refractivity (Wildman–Crippen MR) is 98.0 cm³/mol. The smallest absolute Gasteiger partial charge is 0.311 e. The van der Waals surface area contributed by atoms with Gasteiger partial charge in [0, 0.05) is 12.1 Å². The van der Waals surface area contributed by atoms with Gasteiger partial charge in [-0.1, -0.05) is 40.5 Å². The van der Waals surface area contributed by atoms with Crippen molar-refractivity contribution in [3.05, 3.63) is 0 Å². The zero-order valence-corrected chi connectivity index (χ0v) is 17.0. The van der Waals surface area contributed by atoms with Crippen molar-refractivity contribution in [3.63, 3.8) is 0 Å². The van der Waals surface area contributed by atoms with E-state index in [9.17, 15) is 4.57 Å². The lowest BCUT2D eigenvalue weighted by Gasteiger charge is -2.29. The lowest BCUT2D eigenvalue weighted by molar-refractivity contribution is 0.187. The Kier molecular flexibility index (Phi) is 19.3. The van der Waals surface area contributed by atoms with Crippen LogP contribution in [-0.4, -0.2) is 37.2 Å². The number of hydrogen-bond acceptors (Lipinski definition) is 4. The maximum Gasteiger partial charge on any atom is 0.319 e. The molecule has 0 saturated carbocycles. The van der Waals surface area contributed by atoms with Crippen LogP contribution in [0.2, 0.25) is 0 Å². The molecule has 0 aromatic rings. The molecule has 0 aliphatic rings. The molecular weight excluding hydrogens is 297 g/mol. The fourth-order valence-corrected chi connectivity index (χ4v) is 2.36. The van der Waals surface area contributed by atoms with Crippen LogP contribution in [0.15, 0.2) is 0 Å². The number of hydrogen-bond donors (Lipinski definition) is 0. The average molecular weight is 337 g/mol. The average Bonchev–Trinajstić information content (AvgIpc) is 2.53. The SMILES string of the molecule is CCC(C)N(C)C(C)CC.CCCCO[PH](=O)OCCCC. The molecule has 0 radical (unpaired) electrons. The molecular formula is C17H40NO3P. The summed E-state index contributed by atoms with van der Waals surface area (Å²) in [5.41, 5.74) is 0. The molecule has 0 amide bonds. The van der Waals surface area contributed by atoms with Crippen LogP contribution in [0.25, 0.3) is 0 Å². The van der Waals surface area contributed by atoms with Crippen LogP contribution in [0.5, 0.6) is 0 Å². The van der Waals surface area contributed by atoms with Crippen molar-refractivity contribution < 1.29 is 13.6 Å². The molecule has 2 atom stereocenters. The van der Waals surface area contributed by atoms with E-state index < -0.39 is 8.25 Å². The summed E-state index contributed by atoms with van der Waals surface area (Å²) in [5.74, 6) is 0. The standard InChI is InChI=1S/C9H21N.C8H19O3P/c1-6-8(3)10(5)9(4)7-2;1-3-5-7-10-12(9)11-8-6-4-2/h8-9H,6-7H2,1-5H3;12H,3-8H2,1-2H3. The molecule has 22 heavy (non-hydrogen) atoms. The first-order valence-corrected chi connectivity index (χ1v) is 10.2. The van der Waals surface area contributed by atoms with Crippen LogP contribution in [0.4, 0.5) is 0 Å². The van der Waals surface area contributed by atoms with E-state index in [1.54, 1.807) is 0 Å². The summed E-state index contributed by atoms with van der Waals surface area (Å²) in [6.45, 7) is 14.3. The van der Waals surface area contributed by atoms with E-state index >= 15 is 0 Å². The fourth-order valence-electron chi connectivity index (χ4n) is 1.65. The second-order valence-corrected chi connectivity index (χ2v) is 6.91. The van der Waals surface area contributed by atoms with Gasteiger partial charge >= 0.3 is 8.25 Å². The third kappa shape index (κ3) is 15.0. The Morgan fingerprint density at radius 1 is 0.864 bits per heavy atom. The first kappa shape index (κ1) is 24.4. The van der Waals surface area contributed by atoms with E-state index in [0.717, 1.165) is 37.8 Å². The van der Waals surface area contributed by atoms with Gasteiger partial charge in [0.25, 0.3) is 0 Å². The molecule has 0 aromatic heterocycles. The zero-order valence-electron chi connectivity index (χ0n) is 16.0. The number of rotatable bonds is 12. The molecule has 0 fully saturated rings. The topological polar surface area (TPSA) is 38.8 Å². The molecule has 0 aliphatic heterocycles. The first-order chi connectivity index (χ1) is 10.4. The van der Waals surface area contributed by atoms with E-state index in [1.165, 1.54) is 12.8 Å². The van der Waals surface area contributed by atoms with Crippen molar-refractivity contribution in [2.75, 3.05) is 20.3 Å². The molecule has 0 rings (SSSR count). The zero-order chi connectivity index (χ0) is 17.4. The van der Waals surface area contributed by atoms with Gasteiger partial charge in [-0.2, -0.15) is 0 Å². The van der Waals surface area contributed by atoms with Gasteiger partial charge in [-0.3, -0.25) is 4.57 Å². The molecule has 2 unspecified atom stereocenters. The lowest BCUT2D eigenvalue weighted by Crippen LogP contribution is -2.35. The first-order valence-electron chi connectivity index (χ1n) is 8.95. The lowest BCUT2D eigenvalue weighted by atomic mass is 10.1. The third-order valence-electron chi connectivity index (χ3n) is 4.01. The molecule has 0 spiro atoms. The third-order valence-corrected chi connectivity index (χ3v) is 4.89. The fraction of sp³-hybridized carbons (Fsp3) is 1.00. The van der Waals surface area contributed by atoms with Gasteiger partial charge in [0.15, 0.2) is 0 Å². The predicted octanol–water partition coefficient (Wildman–Crippen LogP) is 5.52. The monoisotopic (exact) mass is 337 g/mol. The van der Waals surface area contributed by atoms with E-state index in [-0.39, 0.29) is 0 Å². The van der Waals surface area contributed by atoms with Crippen molar-refractivity contribution >= 4 is 8.25 Å². The minimum Gasteiger partial charge on any atom is -0.311 e. The Labute approximate surface area is 139 Å². The van der Waals surface area contributed by atoms with Crippen molar-refractivity contribution in [1.82, 2.24) is 4.90 Å². The highest BCUT2D eigenvalue weighted by Crippen LogP contribution is 2.24. The summed E-state index contributed by atoms with van der Waals surface area (Å²) in [7, 11) is 0.0261. The van der Waals surface area contributed by atoms with Gasteiger partial charge in [-0.25, -0.2) is 0 Å². The summed E-state index contributed by atoms with van der Waals surface area (Å²) in [6.07, 6.45) is 6.52. The van der Waals surface area contributed by atoms with Gasteiger partial charge in [0.2, 0.25) is 0 Å². The second kappa shape index (κ2) is 17.5. The highest BCUT2D eigenvalue weighted by molar-refractivity contribution is 7.33. The van der Waals surface area contributed by atoms with Crippen LogP contribution in [0.1, 0.15) is 80.1 Å². The Hall–Kier alpha value is 0.110. The molecule has 0 bridgehead atoms. The summed E-state index contributed by atoms with van der Waals surface area (Å²) in [6, 6.07) is 1.46. The van der Waals surface area contributed by atoms with Crippen LogP contribution < -0.4 is 0 Å². The number of unbranched alkanes of at least 4 members (excludes halogenated alkanes) is 2. The van der Waals surface area contributed by atoms with Gasteiger partial charge in [0.05, 0.1) is 13.2 Å². The molecule has 4 nitrogen and oxygen atoms in total. The van der Waals surface area contributed by atoms with E-state index in [2.05, 4.69) is 53.5 Å². The van der Waals surface area contributed by atoms with Crippen molar-refractivity contribution in [3.8, 4) is 0 Å². The van der Waals surface area contributed by atoms with Gasteiger partial charge in [0.1, 0.15) is 0 Å². The summed E-state index contributed by atoms with van der Waals surface area (Å²) >= 11 is 0. The van der Waals surface area contributed by atoms with Crippen LogP contribution in [0.3, 0.4) is 0 Å². The molecule has 0 N–H and O–H groups in total. The highest BCUT2D eigenvalue weighted by Gasteiger charge is 2.11. The minimum atomic E-state index is -2.18. The van der Waals surface area contributed by atoms with Crippen LogP contribution in [-0.2, 0) is 13.6 Å². The van der Waals surface area contributed by atoms with Crippen LogP contribution >= 0.6 is 8.25 Å². The Bertz CT molecular complexity index is 230. The number of nitrogens with zero attached hydrogens (tertiary/aromatic N) is 1. The Morgan fingerprint density at radius 2 is 1.23 bits per heavy atom. The second-order valence-electron chi connectivity index (χ2n) is 5.83. The summed E-state index contributed by atoms with van der Waals surface area (Å²) < 4.78 is 20.8. The molecule has 0 aromatic carbocycles. The maximum absolute atomic E-state index is 10.9. The molecule has 0 aliphatic carbocycles.